The minimum Gasteiger partial charge on any atom is -0.480 e. The number of carbonyl (C=O) groups is 3. The zero-order chi connectivity index (χ0) is 23.8. The third kappa shape index (κ3) is 4.04. The number of fused-ring (bicyclic) bond motifs is 4. The van der Waals surface area contributed by atoms with E-state index in [9.17, 15) is 19.5 Å². The standard InChI is InChI=1S/C27H30N2O5/c1-2-23(26(31)32)28-25(30)16-11-15-13-24(21(15)12-16)29-27(33)34-14-22-19-9-5-3-7-17(19)18-8-4-6-10-20(18)22/h3-10,15-16,21-24H,2,11-14H2,1H3,(H,28,30)(H,29,33)(H,31,32)/t15?,16?,21?,23-,24?/m0/s1. The lowest BCUT2D eigenvalue weighted by Crippen LogP contribution is -2.50. The maximum Gasteiger partial charge on any atom is 0.407 e. The average Bonchev–Trinajstić information content (AvgIpc) is 3.34. The number of rotatable bonds is 7. The fourth-order valence-electron chi connectivity index (χ4n) is 6.03. The topological polar surface area (TPSA) is 105 Å². The van der Waals surface area contributed by atoms with Gasteiger partial charge in [-0.1, -0.05) is 55.5 Å². The number of hydrogen-bond donors (Lipinski definition) is 3. The molecule has 2 aromatic rings. The van der Waals surface area contributed by atoms with Crippen LogP contribution in [-0.2, 0) is 14.3 Å². The molecule has 0 heterocycles. The van der Waals surface area contributed by atoms with E-state index in [1.165, 1.54) is 22.3 Å². The first-order valence-electron chi connectivity index (χ1n) is 12.1. The minimum absolute atomic E-state index is 0.0000959. The van der Waals surface area contributed by atoms with Crippen molar-refractivity contribution in [3.05, 3.63) is 59.7 Å². The Labute approximate surface area is 198 Å². The number of alkyl carbamates (subject to hydrolysis) is 1. The predicted octanol–water partition coefficient (Wildman–Crippen LogP) is 3.92. The molecule has 0 spiro atoms. The number of nitrogens with one attached hydrogen (secondary N) is 2. The van der Waals surface area contributed by atoms with Gasteiger partial charge in [-0.05, 0) is 59.8 Å². The van der Waals surface area contributed by atoms with Crippen LogP contribution in [0, 0.1) is 17.8 Å². The van der Waals surface area contributed by atoms with Crippen molar-refractivity contribution in [2.75, 3.05) is 6.61 Å². The van der Waals surface area contributed by atoms with Crippen molar-refractivity contribution in [3.63, 3.8) is 0 Å². The van der Waals surface area contributed by atoms with Gasteiger partial charge in [0.25, 0.3) is 0 Å². The summed E-state index contributed by atoms with van der Waals surface area (Å²) in [6.45, 7) is 2.02. The average molecular weight is 463 g/mol. The van der Waals surface area contributed by atoms with Gasteiger partial charge in [0, 0.05) is 17.9 Å². The highest BCUT2D eigenvalue weighted by atomic mass is 16.5. The Hall–Kier alpha value is -3.35. The molecule has 0 aromatic heterocycles. The van der Waals surface area contributed by atoms with E-state index in [1.54, 1.807) is 6.92 Å². The van der Waals surface area contributed by atoms with Crippen molar-refractivity contribution in [2.24, 2.45) is 17.8 Å². The Morgan fingerprint density at radius 2 is 1.65 bits per heavy atom. The highest BCUT2D eigenvalue weighted by Gasteiger charge is 2.50. The van der Waals surface area contributed by atoms with Crippen molar-refractivity contribution in [3.8, 4) is 11.1 Å². The molecule has 7 heteroatoms. The Balaban J connectivity index is 1.14. The smallest absolute Gasteiger partial charge is 0.407 e. The summed E-state index contributed by atoms with van der Waals surface area (Å²) in [5.41, 5.74) is 4.74. The van der Waals surface area contributed by atoms with Crippen LogP contribution in [0.3, 0.4) is 0 Å². The summed E-state index contributed by atoms with van der Waals surface area (Å²) in [4.78, 5) is 36.4. The number of aliphatic carboxylic acids is 1. The molecule has 5 atom stereocenters. The van der Waals surface area contributed by atoms with Crippen LogP contribution >= 0.6 is 0 Å². The number of carbonyl (C=O) groups excluding carboxylic acids is 2. The van der Waals surface area contributed by atoms with Crippen LogP contribution in [0.15, 0.2) is 48.5 Å². The first-order chi connectivity index (χ1) is 16.5. The van der Waals surface area contributed by atoms with Crippen LogP contribution in [0.5, 0.6) is 0 Å². The zero-order valence-corrected chi connectivity index (χ0v) is 19.2. The fraction of sp³-hybridized carbons (Fsp3) is 0.444. The quantitative estimate of drug-likeness (QED) is 0.579. The molecule has 5 rings (SSSR count). The van der Waals surface area contributed by atoms with Crippen LogP contribution < -0.4 is 10.6 Å². The molecule has 7 nitrogen and oxygen atoms in total. The molecular weight excluding hydrogens is 432 g/mol. The highest BCUT2D eigenvalue weighted by molar-refractivity contribution is 5.85. The normalized spacial score (nSPS) is 25.3. The maximum absolute atomic E-state index is 12.6. The van der Waals surface area contributed by atoms with Crippen LogP contribution in [0.1, 0.15) is 49.7 Å². The summed E-state index contributed by atoms with van der Waals surface area (Å²) >= 11 is 0. The number of amides is 2. The Morgan fingerprint density at radius 3 is 2.26 bits per heavy atom. The number of hydrogen-bond acceptors (Lipinski definition) is 4. The summed E-state index contributed by atoms with van der Waals surface area (Å²) in [6.07, 6.45) is 2.17. The van der Waals surface area contributed by atoms with Crippen LogP contribution in [0.2, 0.25) is 0 Å². The van der Waals surface area contributed by atoms with E-state index >= 15 is 0 Å². The molecule has 0 radical (unpaired) electrons. The molecule has 2 amide bonds. The molecular formula is C27H30N2O5. The van der Waals surface area contributed by atoms with Crippen LogP contribution in [0.4, 0.5) is 4.79 Å². The second-order valence-electron chi connectivity index (χ2n) is 9.71. The van der Waals surface area contributed by atoms with Crippen LogP contribution in [-0.4, -0.2) is 41.8 Å². The van der Waals surface area contributed by atoms with Gasteiger partial charge < -0.3 is 20.5 Å². The minimum atomic E-state index is -1.01. The van der Waals surface area contributed by atoms with E-state index in [-0.39, 0.29) is 36.3 Å². The summed E-state index contributed by atoms with van der Waals surface area (Å²) in [5, 5.41) is 14.8. The van der Waals surface area contributed by atoms with Crippen molar-refractivity contribution < 1.29 is 24.2 Å². The molecule has 0 saturated heterocycles. The number of ether oxygens (including phenoxy) is 1. The molecule has 3 aliphatic rings. The molecule has 34 heavy (non-hydrogen) atoms. The van der Waals surface area contributed by atoms with E-state index in [0.29, 0.717) is 18.8 Å². The van der Waals surface area contributed by atoms with Crippen molar-refractivity contribution in [1.82, 2.24) is 10.6 Å². The van der Waals surface area contributed by atoms with Gasteiger partial charge in [-0.3, -0.25) is 4.79 Å². The summed E-state index contributed by atoms with van der Waals surface area (Å²) < 4.78 is 5.67. The van der Waals surface area contributed by atoms with E-state index in [4.69, 9.17) is 4.74 Å². The van der Waals surface area contributed by atoms with Crippen LogP contribution in [0.25, 0.3) is 11.1 Å². The van der Waals surface area contributed by atoms with Crippen molar-refractivity contribution >= 4 is 18.0 Å². The van der Waals surface area contributed by atoms with E-state index in [2.05, 4.69) is 34.9 Å². The maximum atomic E-state index is 12.6. The van der Waals surface area contributed by atoms with E-state index < -0.39 is 18.1 Å². The van der Waals surface area contributed by atoms with Gasteiger partial charge in [-0.2, -0.15) is 0 Å². The van der Waals surface area contributed by atoms with Crippen molar-refractivity contribution in [1.29, 1.82) is 0 Å². The van der Waals surface area contributed by atoms with Gasteiger partial charge in [0.1, 0.15) is 12.6 Å². The summed E-state index contributed by atoms with van der Waals surface area (Å²) in [5.74, 6) is -0.749. The van der Waals surface area contributed by atoms with Gasteiger partial charge in [0.15, 0.2) is 0 Å². The fourth-order valence-corrected chi connectivity index (χ4v) is 6.03. The second-order valence-corrected chi connectivity index (χ2v) is 9.71. The van der Waals surface area contributed by atoms with Gasteiger partial charge in [-0.15, -0.1) is 0 Å². The van der Waals surface area contributed by atoms with Gasteiger partial charge in [0.05, 0.1) is 0 Å². The van der Waals surface area contributed by atoms with E-state index in [1.807, 2.05) is 24.3 Å². The third-order valence-electron chi connectivity index (χ3n) is 7.86. The highest BCUT2D eigenvalue weighted by Crippen LogP contribution is 2.50. The van der Waals surface area contributed by atoms with E-state index in [0.717, 1.165) is 12.8 Å². The zero-order valence-electron chi connectivity index (χ0n) is 19.2. The predicted molar refractivity (Wildman–Crippen MR) is 126 cm³/mol. The van der Waals surface area contributed by atoms with Gasteiger partial charge >= 0.3 is 12.1 Å². The van der Waals surface area contributed by atoms with Gasteiger partial charge in [-0.25, -0.2) is 9.59 Å². The number of carboxylic acids is 1. The molecule has 0 aliphatic heterocycles. The first-order valence-corrected chi connectivity index (χ1v) is 12.1. The number of carboxylic acid groups (broad SMARTS) is 1. The molecule has 2 aromatic carbocycles. The third-order valence-corrected chi connectivity index (χ3v) is 7.86. The molecule has 2 saturated carbocycles. The molecule has 3 aliphatic carbocycles. The monoisotopic (exact) mass is 462 g/mol. The second kappa shape index (κ2) is 9.12. The Morgan fingerprint density at radius 1 is 1.00 bits per heavy atom. The molecule has 178 valence electrons. The molecule has 2 fully saturated rings. The Kier molecular flexibility index (Phi) is 6.02. The SMILES string of the molecule is CC[C@H](NC(=O)C1CC2CC(NC(=O)OCC3c4ccccc4-c4ccccc43)C2C1)C(=O)O. The summed E-state index contributed by atoms with van der Waals surface area (Å²) in [7, 11) is 0. The lowest BCUT2D eigenvalue weighted by Gasteiger charge is -2.40. The first kappa shape index (κ1) is 22.4. The summed E-state index contributed by atoms with van der Waals surface area (Å²) in [6, 6.07) is 15.6. The largest absolute Gasteiger partial charge is 0.480 e. The molecule has 4 unspecified atom stereocenters. The van der Waals surface area contributed by atoms with Gasteiger partial charge in [0.2, 0.25) is 5.91 Å². The number of benzene rings is 2. The molecule has 3 N–H and O–H groups in total. The Bertz CT molecular complexity index is 1070. The van der Waals surface area contributed by atoms with Crippen molar-refractivity contribution in [2.45, 2.75) is 50.6 Å². The lowest BCUT2D eigenvalue weighted by atomic mass is 9.71. The molecule has 0 bridgehead atoms. The lowest BCUT2D eigenvalue weighted by molar-refractivity contribution is -0.142.